The maximum Gasteiger partial charge on any atom is 0.219 e. The second-order valence-corrected chi connectivity index (χ2v) is 4.96. The number of hydrogen-bond acceptors (Lipinski definition) is 6. The van der Waals surface area contributed by atoms with Gasteiger partial charge in [0.2, 0.25) is 5.95 Å². The molecule has 3 rings (SSSR count). The van der Waals surface area contributed by atoms with Crippen molar-refractivity contribution in [2.45, 2.75) is 12.8 Å². The van der Waals surface area contributed by atoms with Crippen LogP contribution in [0.3, 0.4) is 0 Å². The predicted molar refractivity (Wildman–Crippen MR) is 82.9 cm³/mol. The molecule has 1 fully saturated rings. The number of rotatable bonds is 4. The van der Waals surface area contributed by atoms with Crippen molar-refractivity contribution in [3.63, 3.8) is 0 Å². The Labute approximate surface area is 127 Å². The van der Waals surface area contributed by atoms with Gasteiger partial charge in [-0.25, -0.2) is 9.97 Å². The summed E-state index contributed by atoms with van der Waals surface area (Å²) in [5, 5.41) is 4.40. The fraction of sp³-hybridized carbons (Fsp3) is 0.429. The molecule has 1 aliphatic heterocycles. The monoisotopic (exact) mass is 300 g/mol. The molecule has 8 heteroatoms. The van der Waals surface area contributed by atoms with Crippen LogP contribution in [0.5, 0.6) is 11.5 Å². The van der Waals surface area contributed by atoms with Crippen molar-refractivity contribution in [3.8, 4) is 11.5 Å². The zero-order valence-corrected chi connectivity index (χ0v) is 12.5. The third kappa shape index (κ3) is 2.44. The van der Waals surface area contributed by atoms with Crippen LogP contribution in [0.1, 0.15) is 12.8 Å². The van der Waals surface area contributed by atoms with Crippen LogP contribution in [0.4, 0.5) is 11.8 Å². The summed E-state index contributed by atoms with van der Waals surface area (Å²) in [5.41, 5.74) is 9.31. The lowest BCUT2D eigenvalue weighted by atomic mass is 10.2. The van der Waals surface area contributed by atoms with Crippen molar-refractivity contribution in [2.24, 2.45) is 5.11 Å². The molecule has 1 saturated heterocycles. The minimum atomic E-state index is 0.115. The molecule has 1 aliphatic rings. The minimum Gasteiger partial charge on any atom is -0.493 e. The van der Waals surface area contributed by atoms with Crippen molar-refractivity contribution < 1.29 is 9.47 Å². The first-order valence-electron chi connectivity index (χ1n) is 7.00. The Morgan fingerprint density at radius 3 is 2.45 bits per heavy atom. The highest BCUT2D eigenvalue weighted by Gasteiger charge is 2.19. The van der Waals surface area contributed by atoms with Crippen LogP contribution >= 0.6 is 0 Å². The molecule has 0 aliphatic carbocycles. The summed E-state index contributed by atoms with van der Waals surface area (Å²) in [6.45, 7) is 1.85. The molecular formula is C14H16N6O2. The molecule has 1 aromatic carbocycles. The fourth-order valence-electron chi connectivity index (χ4n) is 2.68. The van der Waals surface area contributed by atoms with E-state index in [-0.39, 0.29) is 5.95 Å². The Morgan fingerprint density at radius 2 is 1.82 bits per heavy atom. The number of anilines is 1. The van der Waals surface area contributed by atoms with E-state index in [0.717, 1.165) is 37.1 Å². The lowest BCUT2D eigenvalue weighted by Crippen LogP contribution is -2.19. The maximum absolute atomic E-state index is 8.65. The molecule has 0 spiro atoms. The van der Waals surface area contributed by atoms with Gasteiger partial charge < -0.3 is 14.4 Å². The van der Waals surface area contributed by atoms with Crippen molar-refractivity contribution in [1.29, 1.82) is 0 Å². The second-order valence-electron chi connectivity index (χ2n) is 4.96. The van der Waals surface area contributed by atoms with Crippen LogP contribution in [0, 0.1) is 0 Å². The average Bonchev–Trinajstić information content (AvgIpc) is 3.07. The SMILES string of the molecule is COc1cc2nc(N=[N+]=[N-])nc(N3CCCC3)c2cc1OC. The minimum absolute atomic E-state index is 0.115. The van der Waals surface area contributed by atoms with E-state index in [1.54, 1.807) is 20.3 Å². The van der Waals surface area contributed by atoms with E-state index in [1.165, 1.54) is 0 Å². The first-order valence-corrected chi connectivity index (χ1v) is 7.00. The highest BCUT2D eigenvalue weighted by atomic mass is 16.5. The molecule has 2 aromatic rings. The van der Waals surface area contributed by atoms with Gasteiger partial charge in [-0.1, -0.05) is 0 Å². The van der Waals surface area contributed by atoms with Gasteiger partial charge in [-0.05, 0) is 29.6 Å². The molecule has 22 heavy (non-hydrogen) atoms. The van der Waals surface area contributed by atoms with Gasteiger partial charge >= 0.3 is 0 Å². The molecule has 0 unspecified atom stereocenters. The van der Waals surface area contributed by atoms with Crippen molar-refractivity contribution >= 4 is 22.7 Å². The summed E-state index contributed by atoms with van der Waals surface area (Å²) < 4.78 is 10.7. The number of benzene rings is 1. The molecule has 0 saturated carbocycles. The number of fused-ring (bicyclic) bond motifs is 1. The van der Waals surface area contributed by atoms with Crippen molar-refractivity contribution in [1.82, 2.24) is 9.97 Å². The molecule has 1 aromatic heterocycles. The summed E-state index contributed by atoms with van der Waals surface area (Å²) in [7, 11) is 3.16. The van der Waals surface area contributed by atoms with Crippen LogP contribution in [0.25, 0.3) is 21.3 Å². The Balaban J connectivity index is 2.26. The smallest absolute Gasteiger partial charge is 0.219 e. The Bertz CT molecular complexity index is 751. The lowest BCUT2D eigenvalue weighted by molar-refractivity contribution is 0.356. The molecule has 0 N–H and O–H groups in total. The number of methoxy groups -OCH3 is 2. The van der Waals surface area contributed by atoms with Gasteiger partial charge in [0.15, 0.2) is 11.5 Å². The first-order chi connectivity index (χ1) is 10.8. The molecule has 8 nitrogen and oxygen atoms in total. The molecule has 2 heterocycles. The molecular weight excluding hydrogens is 284 g/mol. The Morgan fingerprint density at radius 1 is 1.14 bits per heavy atom. The average molecular weight is 300 g/mol. The number of azide groups is 1. The van der Waals surface area contributed by atoms with E-state index >= 15 is 0 Å². The predicted octanol–water partition coefficient (Wildman–Crippen LogP) is 3.19. The summed E-state index contributed by atoms with van der Waals surface area (Å²) in [5.74, 6) is 2.08. The Kier molecular flexibility index (Phi) is 3.84. The fourth-order valence-corrected chi connectivity index (χ4v) is 2.68. The lowest BCUT2D eigenvalue weighted by Gasteiger charge is -2.19. The van der Waals surface area contributed by atoms with Gasteiger partial charge in [0, 0.05) is 29.5 Å². The van der Waals surface area contributed by atoms with E-state index in [4.69, 9.17) is 15.0 Å². The number of aromatic nitrogens is 2. The highest BCUT2D eigenvalue weighted by molar-refractivity contribution is 5.93. The molecule has 0 atom stereocenters. The zero-order valence-electron chi connectivity index (χ0n) is 12.5. The van der Waals surface area contributed by atoms with Gasteiger partial charge in [-0.15, -0.1) is 0 Å². The number of ether oxygens (including phenoxy) is 2. The normalized spacial score (nSPS) is 14.0. The molecule has 0 bridgehead atoms. The van der Waals surface area contributed by atoms with Crippen LogP contribution < -0.4 is 14.4 Å². The summed E-state index contributed by atoms with van der Waals surface area (Å²) in [6, 6.07) is 3.63. The van der Waals surface area contributed by atoms with Crippen LogP contribution in [0.15, 0.2) is 17.2 Å². The highest BCUT2D eigenvalue weighted by Crippen LogP contribution is 2.36. The largest absolute Gasteiger partial charge is 0.493 e. The maximum atomic E-state index is 8.65. The van der Waals surface area contributed by atoms with Gasteiger partial charge in [0.25, 0.3) is 0 Å². The quantitative estimate of drug-likeness (QED) is 0.490. The van der Waals surface area contributed by atoms with Crippen LogP contribution in [-0.4, -0.2) is 37.3 Å². The second kappa shape index (κ2) is 5.95. The zero-order chi connectivity index (χ0) is 15.5. The molecule has 0 amide bonds. The first kappa shape index (κ1) is 14.2. The van der Waals surface area contributed by atoms with E-state index in [1.807, 2.05) is 6.07 Å². The van der Waals surface area contributed by atoms with Crippen molar-refractivity contribution in [2.75, 3.05) is 32.2 Å². The van der Waals surface area contributed by atoms with E-state index in [2.05, 4.69) is 24.9 Å². The van der Waals surface area contributed by atoms with E-state index < -0.39 is 0 Å². The van der Waals surface area contributed by atoms with E-state index in [9.17, 15) is 0 Å². The summed E-state index contributed by atoms with van der Waals surface area (Å²) in [6.07, 6.45) is 2.24. The summed E-state index contributed by atoms with van der Waals surface area (Å²) >= 11 is 0. The third-order valence-electron chi connectivity index (χ3n) is 3.71. The number of nitrogens with zero attached hydrogens (tertiary/aromatic N) is 6. The van der Waals surface area contributed by atoms with Gasteiger partial charge in [-0.3, -0.25) is 0 Å². The third-order valence-corrected chi connectivity index (χ3v) is 3.71. The van der Waals surface area contributed by atoms with E-state index in [0.29, 0.717) is 17.0 Å². The van der Waals surface area contributed by atoms with Gasteiger partial charge in [0.1, 0.15) is 5.82 Å². The van der Waals surface area contributed by atoms with Gasteiger partial charge in [0.05, 0.1) is 19.7 Å². The topological polar surface area (TPSA) is 96.2 Å². The number of hydrogen-bond donors (Lipinski definition) is 0. The molecule has 114 valence electrons. The molecule has 0 radical (unpaired) electrons. The Hall–Kier alpha value is -2.73. The summed E-state index contributed by atoms with van der Waals surface area (Å²) in [4.78, 5) is 13.6. The van der Waals surface area contributed by atoms with Crippen LogP contribution in [-0.2, 0) is 0 Å². The van der Waals surface area contributed by atoms with Crippen molar-refractivity contribution in [3.05, 3.63) is 22.6 Å². The van der Waals surface area contributed by atoms with Gasteiger partial charge in [-0.2, -0.15) is 0 Å². The van der Waals surface area contributed by atoms with Crippen LogP contribution in [0.2, 0.25) is 0 Å². The standard InChI is InChI=1S/C14H16N6O2/c1-21-11-7-9-10(8-12(11)22-2)16-14(18-19-15)17-13(9)20-5-3-4-6-20/h7-8H,3-6H2,1-2H3.